The SMILES string of the molecule is CNC(=O)c1nn(-c2ccccc2)c(NC(=O)N[C@@H]2c3ccccc3C(C)(C)[C@@H](OC)[C@H]2O)c1C. The minimum absolute atomic E-state index is 0.205. The highest BCUT2D eigenvalue weighted by Gasteiger charge is 2.47. The molecular formula is C26H31N5O4. The average Bonchev–Trinajstić information content (AvgIpc) is 3.18. The molecule has 1 aliphatic rings. The normalized spacial score (nSPS) is 20.6. The number of aliphatic hydroxyl groups is 1. The fraction of sp³-hybridized carbons (Fsp3) is 0.346. The number of urea groups is 1. The maximum absolute atomic E-state index is 13.3. The molecule has 1 heterocycles. The Balaban J connectivity index is 1.68. The van der Waals surface area contributed by atoms with Gasteiger partial charge in [0.2, 0.25) is 0 Å². The van der Waals surface area contributed by atoms with E-state index in [2.05, 4.69) is 21.0 Å². The number of hydrogen-bond donors (Lipinski definition) is 4. The van der Waals surface area contributed by atoms with Gasteiger partial charge < -0.3 is 20.5 Å². The highest BCUT2D eigenvalue weighted by atomic mass is 16.5. The quantitative estimate of drug-likeness (QED) is 0.451. The van der Waals surface area contributed by atoms with Crippen LogP contribution in [0.5, 0.6) is 0 Å². The summed E-state index contributed by atoms with van der Waals surface area (Å²) in [6.45, 7) is 5.75. The fourth-order valence-electron chi connectivity index (χ4n) is 4.91. The molecule has 0 spiro atoms. The number of fused-ring (bicyclic) bond motifs is 1. The number of rotatable bonds is 5. The van der Waals surface area contributed by atoms with E-state index in [1.165, 1.54) is 11.7 Å². The molecule has 184 valence electrons. The lowest BCUT2D eigenvalue weighted by atomic mass is 9.67. The van der Waals surface area contributed by atoms with Crippen molar-refractivity contribution < 1.29 is 19.4 Å². The molecule has 0 radical (unpaired) electrons. The second-order valence-electron chi connectivity index (χ2n) is 9.18. The van der Waals surface area contributed by atoms with E-state index in [0.717, 1.165) is 11.1 Å². The number of amides is 3. The summed E-state index contributed by atoms with van der Waals surface area (Å²) in [6.07, 6.45) is -1.50. The lowest BCUT2D eigenvalue weighted by Gasteiger charge is -2.46. The molecule has 0 saturated carbocycles. The summed E-state index contributed by atoms with van der Waals surface area (Å²) < 4.78 is 7.18. The van der Waals surface area contributed by atoms with Crippen LogP contribution in [0.1, 0.15) is 47.1 Å². The van der Waals surface area contributed by atoms with Crippen LogP contribution >= 0.6 is 0 Å². The second kappa shape index (κ2) is 9.52. The predicted molar refractivity (Wildman–Crippen MR) is 133 cm³/mol. The Kier molecular flexibility index (Phi) is 6.64. The Morgan fingerprint density at radius 1 is 1.09 bits per heavy atom. The first-order valence-corrected chi connectivity index (χ1v) is 11.5. The van der Waals surface area contributed by atoms with Crippen molar-refractivity contribution in [1.29, 1.82) is 0 Å². The number of anilines is 1. The second-order valence-corrected chi connectivity index (χ2v) is 9.18. The number of ether oxygens (including phenoxy) is 1. The van der Waals surface area contributed by atoms with Crippen molar-refractivity contribution in [3.63, 3.8) is 0 Å². The number of aromatic nitrogens is 2. The van der Waals surface area contributed by atoms with Gasteiger partial charge in [0.05, 0.1) is 17.8 Å². The Labute approximate surface area is 204 Å². The van der Waals surface area contributed by atoms with E-state index < -0.39 is 29.7 Å². The zero-order chi connectivity index (χ0) is 25.3. The minimum atomic E-state index is -0.975. The number of aliphatic hydroxyl groups excluding tert-OH is 1. The van der Waals surface area contributed by atoms with Crippen LogP contribution < -0.4 is 16.0 Å². The van der Waals surface area contributed by atoms with Crippen LogP contribution in [-0.2, 0) is 10.2 Å². The Bertz CT molecular complexity index is 1240. The topological polar surface area (TPSA) is 118 Å². The summed E-state index contributed by atoms with van der Waals surface area (Å²) in [4.78, 5) is 25.6. The monoisotopic (exact) mass is 477 g/mol. The van der Waals surface area contributed by atoms with Gasteiger partial charge in [0, 0.05) is 25.1 Å². The van der Waals surface area contributed by atoms with Crippen LogP contribution in [0.15, 0.2) is 54.6 Å². The number of para-hydroxylation sites is 1. The van der Waals surface area contributed by atoms with Crippen LogP contribution in [-0.4, -0.2) is 53.2 Å². The van der Waals surface area contributed by atoms with Gasteiger partial charge in [-0.1, -0.05) is 56.3 Å². The van der Waals surface area contributed by atoms with E-state index in [1.807, 2.05) is 68.4 Å². The Morgan fingerprint density at radius 2 is 1.74 bits per heavy atom. The first-order valence-electron chi connectivity index (χ1n) is 11.5. The van der Waals surface area contributed by atoms with E-state index in [9.17, 15) is 14.7 Å². The standard InChI is InChI=1S/C26H31N5O4/c1-15-19(24(33)27-4)30-31(16-11-7-6-8-12-16)23(15)29-25(34)28-20-17-13-9-10-14-18(17)26(2,3)22(35-5)21(20)32/h6-14,20-22,32H,1-5H3,(H,27,33)(H2,28,29,34)/t20-,21+,22+/m1/s1. The number of hydrogen-bond acceptors (Lipinski definition) is 5. The zero-order valence-corrected chi connectivity index (χ0v) is 20.5. The van der Waals surface area contributed by atoms with E-state index in [4.69, 9.17) is 4.74 Å². The van der Waals surface area contributed by atoms with Gasteiger partial charge in [0.1, 0.15) is 11.9 Å². The van der Waals surface area contributed by atoms with E-state index >= 15 is 0 Å². The van der Waals surface area contributed by atoms with Gasteiger partial charge in [-0.15, -0.1) is 0 Å². The van der Waals surface area contributed by atoms with Gasteiger partial charge in [-0.2, -0.15) is 5.10 Å². The summed E-state index contributed by atoms with van der Waals surface area (Å²) in [6, 6.07) is 15.7. The molecule has 0 saturated heterocycles. The highest BCUT2D eigenvalue weighted by Crippen LogP contribution is 2.43. The summed E-state index contributed by atoms with van der Waals surface area (Å²) in [5.41, 5.74) is 2.78. The molecule has 0 fully saturated rings. The van der Waals surface area contributed by atoms with Crippen LogP contribution in [0.4, 0.5) is 10.6 Å². The maximum atomic E-state index is 13.3. The molecule has 4 rings (SSSR count). The third-order valence-corrected chi connectivity index (χ3v) is 6.69. The molecule has 0 unspecified atom stereocenters. The molecule has 1 aromatic heterocycles. The van der Waals surface area contributed by atoms with Crippen molar-refractivity contribution in [1.82, 2.24) is 20.4 Å². The molecule has 35 heavy (non-hydrogen) atoms. The van der Waals surface area contributed by atoms with E-state index in [0.29, 0.717) is 17.1 Å². The lowest BCUT2D eigenvalue weighted by Crippen LogP contribution is -2.55. The van der Waals surface area contributed by atoms with Crippen LogP contribution in [0.25, 0.3) is 5.69 Å². The number of methoxy groups -OCH3 is 1. The summed E-state index contributed by atoms with van der Waals surface area (Å²) >= 11 is 0. The van der Waals surface area contributed by atoms with Crippen molar-refractivity contribution in [2.75, 3.05) is 19.5 Å². The van der Waals surface area contributed by atoms with Crippen LogP contribution in [0.3, 0.4) is 0 Å². The maximum Gasteiger partial charge on any atom is 0.320 e. The fourth-order valence-corrected chi connectivity index (χ4v) is 4.91. The van der Waals surface area contributed by atoms with Gasteiger partial charge in [-0.05, 0) is 30.2 Å². The van der Waals surface area contributed by atoms with Gasteiger partial charge in [0.25, 0.3) is 5.91 Å². The van der Waals surface area contributed by atoms with E-state index in [-0.39, 0.29) is 11.6 Å². The molecule has 3 aromatic rings. The number of carbonyl (C=O) groups is 2. The molecule has 9 nitrogen and oxygen atoms in total. The number of nitrogens with one attached hydrogen (secondary N) is 3. The first kappa shape index (κ1) is 24.4. The van der Waals surface area contributed by atoms with Crippen LogP contribution in [0.2, 0.25) is 0 Å². The van der Waals surface area contributed by atoms with Crippen molar-refractivity contribution in [3.05, 3.63) is 77.0 Å². The third-order valence-electron chi connectivity index (χ3n) is 6.69. The molecule has 3 atom stereocenters. The molecule has 0 bridgehead atoms. The highest BCUT2D eigenvalue weighted by molar-refractivity contribution is 5.97. The summed E-state index contributed by atoms with van der Waals surface area (Å²) in [5, 5.41) is 24.0. The largest absolute Gasteiger partial charge is 0.388 e. The molecule has 0 aliphatic heterocycles. The number of nitrogens with zero attached hydrogens (tertiary/aromatic N) is 2. The third kappa shape index (κ3) is 4.28. The molecule has 1 aliphatic carbocycles. The van der Waals surface area contributed by atoms with E-state index in [1.54, 1.807) is 14.0 Å². The Hall–Kier alpha value is -3.69. The number of carbonyl (C=O) groups excluding carboxylic acids is 2. The average molecular weight is 478 g/mol. The summed E-state index contributed by atoms with van der Waals surface area (Å²) in [5.74, 6) is -0.00283. The van der Waals surface area contributed by atoms with Crippen molar-refractivity contribution in [2.45, 2.75) is 44.4 Å². The smallest absolute Gasteiger partial charge is 0.320 e. The van der Waals surface area contributed by atoms with Crippen LogP contribution in [0, 0.1) is 6.92 Å². The first-order chi connectivity index (χ1) is 16.7. The van der Waals surface area contributed by atoms with Crippen molar-refractivity contribution >= 4 is 17.8 Å². The molecule has 4 N–H and O–H groups in total. The van der Waals surface area contributed by atoms with Gasteiger partial charge >= 0.3 is 6.03 Å². The zero-order valence-electron chi connectivity index (χ0n) is 20.5. The lowest BCUT2D eigenvalue weighted by molar-refractivity contribution is -0.0730. The van der Waals surface area contributed by atoms with Gasteiger partial charge in [-0.3, -0.25) is 10.1 Å². The molecule has 3 amide bonds. The van der Waals surface area contributed by atoms with Gasteiger partial charge in [0.15, 0.2) is 5.69 Å². The van der Waals surface area contributed by atoms with Gasteiger partial charge in [-0.25, -0.2) is 9.48 Å². The Morgan fingerprint density at radius 3 is 2.40 bits per heavy atom. The minimum Gasteiger partial charge on any atom is -0.388 e. The molecule has 2 aromatic carbocycles. The predicted octanol–water partition coefficient (Wildman–Crippen LogP) is 3.07. The van der Waals surface area contributed by atoms with Crippen molar-refractivity contribution in [2.24, 2.45) is 0 Å². The molecular weight excluding hydrogens is 446 g/mol. The summed E-state index contributed by atoms with van der Waals surface area (Å²) in [7, 11) is 3.08. The molecule has 9 heteroatoms. The van der Waals surface area contributed by atoms with Crippen molar-refractivity contribution in [3.8, 4) is 5.69 Å². The number of benzene rings is 2.